The first-order chi connectivity index (χ1) is 8.43. The lowest BCUT2D eigenvalue weighted by atomic mass is 10.1. The summed E-state index contributed by atoms with van der Waals surface area (Å²) in [6.45, 7) is 5.16. The van der Waals surface area contributed by atoms with Gasteiger partial charge < -0.3 is 5.32 Å². The molecule has 0 radical (unpaired) electrons. The van der Waals surface area contributed by atoms with Crippen molar-refractivity contribution >= 4 is 9.84 Å². The number of rotatable bonds is 7. The van der Waals surface area contributed by atoms with Crippen molar-refractivity contribution in [3.8, 4) is 0 Å². The van der Waals surface area contributed by atoms with E-state index in [1.807, 2.05) is 12.1 Å². The van der Waals surface area contributed by atoms with Crippen LogP contribution < -0.4 is 5.32 Å². The minimum Gasteiger partial charge on any atom is -0.310 e. The Balaban J connectivity index is 2.49. The molecule has 1 N–H and O–H groups in total. The zero-order valence-corrected chi connectivity index (χ0v) is 12.3. The van der Waals surface area contributed by atoms with E-state index in [0.29, 0.717) is 10.9 Å². The van der Waals surface area contributed by atoms with Gasteiger partial charge in [-0.3, -0.25) is 0 Å². The topological polar surface area (TPSA) is 46.2 Å². The standard InChI is InChI=1S/C14H23NO2S/c1-4-5-6-12(2)15-11-13-7-9-14(10-8-13)18(3,16)17/h7-10,12,15H,4-6,11H2,1-3H3. The fourth-order valence-corrected chi connectivity index (χ4v) is 2.39. The molecular formula is C14H23NO2S. The van der Waals surface area contributed by atoms with Crippen LogP contribution in [0.3, 0.4) is 0 Å². The Morgan fingerprint density at radius 1 is 1.22 bits per heavy atom. The maximum Gasteiger partial charge on any atom is 0.175 e. The molecule has 0 heterocycles. The lowest BCUT2D eigenvalue weighted by Gasteiger charge is -2.13. The number of sulfone groups is 1. The van der Waals surface area contributed by atoms with E-state index in [4.69, 9.17) is 0 Å². The predicted molar refractivity (Wildman–Crippen MR) is 75.4 cm³/mol. The van der Waals surface area contributed by atoms with Crippen molar-refractivity contribution in [3.05, 3.63) is 29.8 Å². The average molecular weight is 269 g/mol. The highest BCUT2D eigenvalue weighted by molar-refractivity contribution is 7.90. The number of hydrogen-bond donors (Lipinski definition) is 1. The van der Waals surface area contributed by atoms with Gasteiger partial charge in [0.05, 0.1) is 4.90 Å². The van der Waals surface area contributed by atoms with Gasteiger partial charge in [0.2, 0.25) is 0 Å². The fourth-order valence-electron chi connectivity index (χ4n) is 1.76. The van der Waals surface area contributed by atoms with Gasteiger partial charge in [0.15, 0.2) is 9.84 Å². The number of hydrogen-bond acceptors (Lipinski definition) is 3. The molecule has 1 rings (SSSR count). The predicted octanol–water partition coefficient (Wildman–Crippen LogP) is 2.76. The van der Waals surface area contributed by atoms with Crippen LogP contribution in [0.2, 0.25) is 0 Å². The van der Waals surface area contributed by atoms with E-state index >= 15 is 0 Å². The number of unbranched alkanes of at least 4 members (excludes halogenated alkanes) is 1. The number of nitrogens with one attached hydrogen (secondary N) is 1. The normalized spacial score (nSPS) is 13.5. The van der Waals surface area contributed by atoms with Crippen molar-refractivity contribution in [1.29, 1.82) is 0 Å². The van der Waals surface area contributed by atoms with Gasteiger partial charge in [-0.15, -0.1) is 0 Å². The van der Waals surface area contributed by atoms with Crippen molar-refractivity contribution in [2.75, 3.05) is 6.26 Å². The van der Waals surface area contributed by atoms with E-state index in [0.717, 1.165) is 12.1 Å². The van der Waals surface area contributed by atoms with Gasteiger partial charge >= 0.3 is 0 Å². The highest BCUT2D eigenvalue weighted by atomic mass is 32.2. The van der Waals surface area contributed by atoms with Gasteiger partial charge in [-0.05, 0) is 31.0 Å². The summed E-state index contributed by atoms with van der Waals surface area (Å²) in [5.41, 5.74) is 1.12. The van der Waals surface area contributed by atoms with E-state index in [1.54, 1.807) is 12.1 Å². The molecular weight excluding hydrogens is 246 g/mol. The summed E-state index contributed by atoms with van der Waals surface area (Å²) in [7, 11) is -3.08. The quantitative estimate of drug-likeness (QED) is 0.828. The zero-order chi connectivity index (χ0) is 13.6. The summed E-state index contributed by atoms with van der Waals surface area (Å²) in [4.78, 5) is 0.380. The fraction of sp³-hybridized carbons (Fsp3) is 0.571. The van der Waals surface area contributed by atoms with Crippen molar-refractivity contribution in [2.45, 2.75) is 50.6 Å². The first-order valence-electron chi connectivity index (χ1n) is 6.46. The zero-order valence-electron chi connectivity index (χ0n) is 11.4. The summed E-state index contributed by atoms with van der Waals surface area (Å²) < 4.78 is 22.6. The third-order valence-electron chi connectivity index (χ3n) is 3.00. The van der Waals surface area contributed by atoms with Crippen molar-refractivity contribution < 1.29 is 8.42 Å². The highest BCUT2D eigenvalue weighted by Gasteiger charge is 2.06. The molecule has 1 aromatic rings. The van der Waals surface area contributed by atoms with Gasteiger partial charge in [0.25, 0.3) is 0 Å². The molecule has 102 valence electrons. The van der Waals surface area contributed by atoms with Gasteiger partial charge in [0, 0.05) is 18.8 Å². The molecule has 0 aliphatic rings. The van der Waals surface area contributed by atoms with Crippen LogP contribution >= 0.6 is 0 Å². The Morgan fingerprint density at radius 2 is 1.83 bits per heavy atom. The molecule has 4 heteroatoms. The first-order valence-corrected chi connectivity index (χ1v) is 8.35. The third kappa shape index (κ3) is 5.19. The minimum absolute atomic E-state index is 0.380. The smallest absolute Gasteiger partial charge is 0.175 e. The average Bonchev–Trinajstić information content (AvgIpc) is 2.33. The Morgan fingerprint density at radius 3 is 2.33 bits per heavy atom. The molecule has 1 unspecified atom stereocenters. The maximum absolute atomic E-state index is 11.3. The van der Waals surface area contributed by atoms with Gasteiger partial charge in [-0.1, -0.05) is 31.9 Å². The highest BCUT2D eigenvalue weighted by Crippen LogP contribution is 2.10. The largest absolute Gasteiger partial charge is 0.310 e. The molecule has 0 fully saturated rings. The van der Waals surface area contributed by atoms with Gasteiger partial charge in [0.1, 0.15) is 0 Å². The van der Waals surface area contributed by atoms with E-state index in [9.17, 15) is 8.42 Å². The second-order valence-electron chi connectivity index (χ2n) is 4.84. The summed E-state index contributed by atoms with van der Waals surface area (Å²) >= 11 is 0. The van der Waals surface area contributed by atoms with Crippen LogP contribution in [-0.4, -0.2) is 20.7 Å². The molecule has 18 heavy (non-hydrogen) atoms. The van der Waals surface area contributed by atoms with Crippen LogP contribution in [0.15, 0.2) is 29.2 Å². The van der Waals surface area contributed by atoms with E-state index in [-0.39, 0.29) is 0 Å². The summed E-state index contributed by atoms with van der Waals surface area (Å²) in [6.07, 6.45) is 4.86. The summed E-state index contributed by atoms with van der Waals surface area (Å²) in [5, 5.41) is 3.44. The monoisotopic (exact) mass is 269 g/mol. The third-order valence-corrected chi connectivity index (χ3v) is 4.13. The molecule has 0 aliphatic carbocycles. The van der Waals surface area contributed by atoms with Crippen molar-refractivity contribution in [2.24, 2.45) is 0 Å². The molecule has 0 aromatic heterocycles. The summed E-state index contributed by atoms with van der Waals surface area (Å²) in [6, 6.07) is 7.58. The van der Waals surface area contributed by atoms with Crippen LogP contribution in [0.4, 0.5) is 0 Å². The number of benzene rings is 1. The molecule has 0 spiro atoms. The van der Waals surface area contributed by atoms with Crippen LogP contribution in [0.25, 0.3) is 0 Å². The second kappa shape index (κ2) is 6.90. The Bertz CT molecular complexity index is 451. The molecule has 0 saturated heterocycles. The van der Waals surface area contributed by atoms with Crippen molar-refractivity contribution in [3.63, 3.8) is 0 Å². The van der Waals surface area contributed by atoms with E-state index < -0.39 is 9.84 Å². The lowest BCUT2D eigenvalue weighted by molar-refractivity contribution is 0.495. The van der Waals surface area contributed by atoms with Crippen LogP contribution in [0.1, 0.15) is 38.7 Å². The Hall–Kier alpha value is -0.870. The first kappa shape index (κ1) is 15.2. The molecule has 0 saturated carbocycles. The van der Waals surface area contributed by atoms with Gasteiger partial charge in [-0.2, -0.15) is 0 Å². The Kier molecular flexibility index (Phi) is 5.82. The van der Waals surface area contributed by atoms with E-state index in [2.05, 4.69) is 19.2 Å². The molecule has 0 bridgehead atoms. The van der Waals surface area contributed by atoms with Crippen LogP contribution in [0, 0.1) is 0 Å². The van der Waals surface area contributed by atoms with Crippen LogP contribution in [0.5, 0.6) is 0 Å². The molecule has 3 nitrogen and oxygen atoms in total. The molecule has 1 aromatic carbocycles. The SMILES string of the molecule is CCCCC(C)NCc1ccc(S(C)(=O)=O)cc1. The molecule has 0 aliphatic heterocycles. The van der Waals surface area contributed by atoms with Gasteiger partial charge in [-0.25, -0.2) is 8.42 Å². The minimum atomic E-state index is -3.08. The maximum atomic E-state index is 11.3. The lowest BCUT2D eigenvalue weighted by Crippen LogP contribution is -2.25. The molecule has 0 amide bonds. The second-order valence-corrected chi connectivity index (χ2v) is 6.86. The van der Waals surface area contributed by atoms with Crippen LogP contribution in [-0.2, 0) is 16.4 Å². The summed E-state index contributed by atoms with van der Waals surface area (Å²) in [5.74, 6) is 0. The Labute approximate surface area is 111 Å². The van der Waals surface area contributed by atoms with Crippen molar-refractivity contribution in [1.82, 2.24) is 5.32 Å². The molecule has 1 atom stereocenters. The van der Waals surface area contributed by atoms with E-state index in [1.165, 1.54) is 25.5 Å².